The lowest BCUT2D eigenvalue weighted by molar-refractivity contribution is 0.0172. The first kappa shape index (κ1) is 18.2. The lowest BCUT2D eigenvalue weighted by Crippen LogP contribution is -2.44. The highest BCUT2D eigenvalue weighted by atomic mass is 32.2. The van der Waals surface area contributed by atoms with Crippen LogP contribution in [-0.4, -0.2) is 66.0 Å². The van der Waals surface area contributed by atoms with Crippen LogP contribution < -0.4 is 9.62 Å². The standard InChI is InChI=1S/C16H27N3O3S/c1-4-23(20,21)17-13-16(19-9-11-22-12-10-19)14-5-7-15(8-6-14)18(2)3/h5-8,16-17H,4,9-13H2,1-3H3/t16-/m1/s1. The minimum absolute atomic E-state index is 0.0245. The van der Waals surface area contributed by atoms with E-state index >= 15 is 0 Å². The SMILES string of the molecule is CCS(=O)(=O)NC[C@H](c1ccc(N(C)C)cc1)N1CCOCC1. The average molecular weight is 341 g/mol. The van der Waals surface area contributed by atoms with Crippen LogP contribution in [0, 0.1) is 0 Å². The quantitative estimate of drug-likeness (QED) is 0.804. The number of hydrogen-bond donors (Lipinski definition) is 1. The van der Waals surface area contributed by atoms with Gasteiger partial charge in [0, 0.05) is 45.5 Å². The van der Waals surface area contributed by atoms with E-state index in [4.69, 9.17) is 4.74 Å². The molecule has 0 spiro atoms. The number of rotatable bonds is 7. The van der Waals surface area contributed by atoms with E-state index in [1.165, 1.54) is 0 Å². The van der Waals surface area contributed by atoms with Gasteiger partial charge in [-0.05, 0) is 24.6 Å². The number of nitrogens with zero attached hydrogens (tertiary/aromatic N) is 2. The Balaban J connectivity index is 2.17. The topological polar surface area (TPSA) is 61.9 Å². The van der Waals surface area contributed by atoms with Crippen LogP contribution in [0.1, 0.15) is 18.5 Å². The third-order valence-electron chi connectivity index (χ3n) is 4.16. The summed E-state index contributed by atoms with van der Waals surface area (Å²) in [5, 5.41) is 0. The summed E-state index contributed by atoms with van der Waals surface area (Å²) in [5.74, 6) is 0.0996. The lowest BCUT2D eigenvalue weighted by atomic mass is 10.0. The van der Waals surface area contributed by atoms with Gasteiger partial charge in [-0.3, -0.25) is 4.90 Å². The fraction of sp³-hybridized carbons (Fsp3) is 0.625. The summed E-state index contributed by atoms with van der Waals surface area (Å²) in [6, 6.07) is 8.32. The fourth-order valence-corrected chi connectivity index (χ4v) is 3.27. The molecule has 6 nitrogen and oxygen atoms in total. The van der Waals surface area contributed by atoms with Crippen LogP contribution >= 0.6 is 0 Å². The van der Waals surface area contributed by atoms with Gasteiger partial charge in [0.25, 0.3) is 0 Å². The molecule has 0 aromatic heterocycles. The smallest absolute Gasteiger partial charge is 0.211 e. The summed E-state index contributed by atoms with van der Waals surface area (Å²) < 4.78 is 31.7. The molecule has 1 fully saturated rings. The highest BCUT2D eigenvalue weighted by Crippen LogP contribution is 2.24. The number of nitrogens with one attached hydrogen (secondary N) is 1. The monoisotopic (exact) mass is 341 g/mol. The van der Waals surface area contributed by atoms with E-state index in [2.05, 4.69) is 33.9 Å². The molecule has 1 aliphatic rings. The maximum absolute atomic E-state index is 11.8. The minimum Gasteiger partial charge on any atom is -0.379 e. The molecule has 23 heavy (non-hydrogen) atoms. The molecule has 1 heterocycles. The third kappa shape index (κ3) is 5.17. The Labute approximate surface area is 139 Å². The Hall–Kier alpha value is -1.15. The third-order valence-corrected chi connectivity index (χ3v) is 5.52. The van der Waals surface area contributed by atoms with Crippen molar-refractivity contribution in [2.45, 2.75) is 13.0 Å². The first-order chi connectivity index (χ1) is 10.9. The molecule has 1 aromatic rings. The number of sulfonamides is 1. The Morgan fingerprint density at radius 3 is 2.35 bits per heavy atom. The van der Waals surface area contributed by atoms with Crippen molar-refractivity contribution >= 4 is 15.7 Å². The van der Waals surface area contributed by atoms with Crippen LogP contribution in [0.2, 0.25) is 0 Å². The Kier molecular flexibility index (Phi) is 6.41. The van der Waals surface area contributed by atoms with Crippen LogP contribution in [-0.2, 0) is 14.8 Å². The molecular weight excluding hydrogens is 314 g/mol. The zero-order chi connectivity index (χ0) is 16.9. The van der Waals surface area contributed by atoms with E-state index < -0.39 is 10.0 Å². The molecular formula is C16H27N3O3S. The molecule has 1 N–H and O–H groups in total. The molecule has 0 unspecified atom stereocenters. The van der Waals surface area contributed by atoms with Crippen molar-refractivity contribution in [1.82, 2.24) is 9.62 Å². The van der Waals surface area contributed by atoms with Crippen LogP contribution in [0.5, 0.6) is 0 Å². The molecule has 0 saturated carbocycles. The van der Waals surface area contributed by atoms with Gasteiger partial charge in [0.1, 0.15) is 0 Å². The lowest BCUT2D eigenvalue weighted by Gasteiger charge is -2.35. The summed E-state index contributed by atoms with van der Waals surface area (Å²) in [7, 11) is 0.809. The van der Waals surface area contributed by atoms with Gasteiger partial charge in [-0.1, -0.05) is 12.1 Å². The molecule has 0 bridgehead atoms. The van der Waals surface area contributed by atoms with Crippen molar-refractivity contribution < 1.29 is 13.2 Å². The molecule has 130 valence electrons. The van der Waals surface area contributed by atoms with E-state index in [-0.39, 0.29) is 11.8 Å². The maximum atomic E-state index is 11.8. The first-order valence-corrected chi connectivity index (χ1v) is 9.64. The number of ether oxygens (including phenoxy) is 1. The van der Waals surface area contributed by atoms with E-state index in [1.807, 2.05) is 19.0 Å². The number of morpholine rings is 1. The van der Waals surface area contributed by atoms with Gasteiger partial charge in [0.05, 0.1) is 19.0 Å². The number of anilines is 1. The zero-order valence-electron chi connectivity index (χ0n) is 14.2. The number of benzene rings is 1. The molecule has 1 aromatic carbocycles. The molecule has 0 amide bonds. The molecule has 0 aliphatic carbocycles. The van der Waals surface area contributed by atoms with Gasteiger partial charge in [-0.25, -0.2) is 13.1 Å². The van der Waals surface area contributed by atoms with Crippen molar-refractivity contribution in [1.29, 1.82) is 0 Å². The predicted molar refractivity (Wildman–Crippen MR) is 93.4 cm³/mol. The van der Waals surface area contributed by atoms with Crippen molar-refractivity contribution in [3.05, 3.63) is 29.8 Å². The molecule has 1 saturated heterocycles. The van der Waals surface area contributed by atoms with Crippen molar-refractivity contribution in [2.24, 2.45) is 0 Å². The van der Waals surface area contributed by atoms with Gasteiger partial charge >= 0.3 is 0 Å². The van der Waals surface area contributed by atoms with Crippen LogP contribution in [0.3, 0.4) is 0 Å². The summed E-state index contributed by atoms with van der Waals surface area (Å²) in [4.78, 5) is 4.33. The van der Waals surface area contributed by atoms with E-state index in [0.717, 1.165) is 24.3 Å². The summed E-state index contributed by atoms with van der Waals surface area (Å²) in [6.07, 6.45) is 0. The van der Waals surface area contributed by atoms with Gasteiger partial charge in [-0.2, -0.15) is 0 Å². The van der Waals surface area contributed by atoms with E-state index in [0.29, 0.717) is 19.8 Å². The number of hydrogen-bond acceptors (Lipinski definition) is 5. The molecule has 1 aliphatic heterocycles. The second kappa shape index (κ2) is 8.10. The van der Waals surface area contributed by atoms with E-state index in [9.17, 15) is 8.42 Å². The van der Waals surface area contributed by atoms with Crippen LogP contribution in [0.15, 0.2) is 24.3 Å². The predicted octanol–water partition coefficient (Wildman–Crippen LogP) is 1.07. The highest BCUT2D eigenvalue weighted by molar-refractivity contribution is 7.89. The molecule has 1 atom stereocenters. The molecule has 0 radical (unpaired) electrons. The fourth-order valence-electron chi connectivity index (χ4n) is 2.65. The van der Waals surface area contributed by atoms with Crippen molar-refractivity contribution in [2.75, 3.05) is 57.6 Å². The first-order valence-electron chi connectivity index (χ1n) is 7.99. The van der Waals surface area contributed by atoms with Gasteiger partial charge in [-0.15, -0.1) is 0 Å². The Bertz CT molecular complexity index is 581. The van der Waals surface area contributed by atoms with Crippen molar-refractivity contribution in [3.63, 3.8) is 0 Å². The molecule has 7 heteroatoms. The Morgan fingerprint density at radius 1 is 1.22 bits per heavy atom. The summed E-state index contributed by atoms with van der Waals surface area (Å²) in [5.41, 5.74) is 2.25. The summed E-state index contributed by atoms with van der Waals surface area (Å²) in [6.45, 7) is 5.04. The summed E-state index contributed by atoms with van der Waals surface area (Å²) >= 11 is 0. The second-order valence-electron chi connectivity index (χ2n) is 5.90. The van der Waals surface area contributed by atoms with Gasteiger partial charge in [0.15, 0.2) is 0 Å². The zero-order valence-corrected chi connectivity index (χ0v) is 15.0. The molecule has 2 rings (SSSR count). The maximum Gasteiger partial charge on any atom is 0.211 e. The normalized spacial score (nSPS) is 17.9. The highest BCUT2D eigenvalue weighted by Gasteiger charge is 2.24. The average Bonchev–Trinajstić information content (AvgIpc) is 2.56. The minimum atomic E-state index is -3.20. The largest absolute Gasteiger partial charge is 0.379 e. The second-order valence-corrected chi connectivity index (χ2v) is 8.00. The van der Waals surface area contributed by atoms with Crippen molar-refractivity contribution in [3.8, 4) is 0 Å². The van der Waals surface area contributed by atoms with E-state index in [1.54, 1.807) is 6.92 Å². The van der Waals surface area contributed by atoms with Crippen LogP contribution in [0.25, 0.3) is 0 Å². The van der Waals surface area contributed by atoms with Gasteiger partial charge < -0.3 is 9.64 Å². The Morgan fingerprint density at radius 2 is 1.83 bits per heavy atom. The van der Waals surface area contributed by atoms with Crippen LogP contribution in [0.4, 0.5) is 5.69 Å². The van der Waals surface area contributed by atoms with Gasteiger partial charge in [0.2, 0.25) is 10.0 Å².